The molecule has 0 spiro atoms. The molecule has 0 aliphatic carbocycles. The molecule has 0 bridgehead atoms. The molecule has 0 aromatic heterocycles. The van der Waals surface area contributed by atoms with E-state index in [2.05, 4.69) is 13.2 Å². The molecule has 0 heterocycles. The minimum Gasteiger partial charge on any atom is -0.478 e. The summed E-state index contributed by atoms with van der Waals surface area (Å²) in [5.74, 6) is -1.20. The fraction of sp³-hybridized carbons (Fsp3) is 0.364. The van der Waals surface area contributed by atoms with Crippen LogP contribution >= 0.6 is 0 Å². The molecule has 0 aromatic rings. The molecule has 0 radical (unpaired) electrons. The first kappa shape index (κ1) is 19.6. The Morgan fingerprint density at radius 2 is 1.06 bits per heavy atom. The van der Waals surface area contributed by atoms with Gasteiger partial charge in [0.1, 0.15) is 5.78 Å². The maximum atomic E-state index is 9.82. The predicted octanol–water partition coefficient (Wildman–Crippen LogP) is 1.29. The highest BCUT2D eigenvalue weighted by Gasteiger charge is 1.90. The monoisotopic (exact) mass is 229 g/mol. The number of Topliss-reactive ketones (excluding diaryl/α,β-unsaturated/α-hetero) is 1. The summed E-state index contributed by atoms with van der Waals surface area (Å²) < 4.78 is 0. The molecule has 1 amide bonds. The van der Waals surface area contributed by atoms with Gasteiger partial charge < -0.3 is 15.6 Å². The normalized spacial score (nSPS) is 7.25. The Labute approximate surface area is 95.6 Å². The Morgan fingerprint density at radius 3 is 1.06 bits per heavy atom. The molecule has 5 heteroatoms. The van der Waals surface area contributed by atoms with E-state index in [1.165, 1.54) is 20.8 Å². The van der Waals surface area contributed by atoms with Crippen molar-refractivity contribution in [3.63, 3.8) is 0 Å². The number of carbonyl (C=O) groups is 3. The topological polar surface area (TPSA) is 97.5 Å². The number of aliphatic carboxylic acids is 1. The van der Waals surface area contributed by atoms with Gasteiger partial charge in [0.2, 0.25) is 5.91 Å². The van der Waals surface area contributed by atoms with Crippen molar-refractivity contribution in [2.45, 2.75) is 27.7 Å². The van der Waals surface area contributed by atoms with Crippen molar-refractivity contribution >= 4 is 17.7 Å². The Morgan fingerprint density at radius 1 is 0.938 bits per heavy atom. The molecule has 92 valence electrons. The SMILES string of the molecule is C=C(C)C(=O)O.C=C(C)C(N)=O.CC(C)=O. The standard InChI is InChI=1S/C4H7NO.C4H6O2.C3H6O/c2*1-3(2)4(5)6;1-3(2)4/h1H2,2H3,(H2,5,6);1H2,2H3,(H,5,6);1-2H3. The molecule has 0 aromatic carbocycles. The van der Waals surface area contributed by atoms with Gasteiger partial charge in [0.25, 0.3) is 0 Å². The van der Waals surface area contributed by atoms with Crippen molar-refractivity contribution in [2.24, 2.45) is 5.73 Å². The maximum absolute atomic E-state index is 9.82. The minimum absolute atomic E-state index is 0.167. The highest BCUT2D eigenvalue weighted by molar-refractivity contribution is 5.90. The molecular formula is C11H19NO4. The molecule has 5 nitrogen and oxygen atoms in total. The number of hydrogen-bond acceptors (Lipinski definition) is 3. The van der Waals surface area contributed by atoms with E-state index >= 15 is 0 Å². The lowest BCUT2D eigenvalue weighted by atomic mass is 10.3. The quantitative estimate of drug-likeness (QED) is 0.697. The van der Waals surface area contributed by atoms with Crippen LogP contribution in [-0.2, 0) is 14.4 Å². The Bertz CT molecular complexity index is 240. The average Bonchev–Trinajstić information content (AvgIpc) is 2.03. The van der Waals surface area contributed by atoms with Crippen LogP contribution in [0, 0.1) is 0 Å². The van der Waals surface area contributed by atoms with Gasteiger partial charge in [0, 0.05) is 11.1 Å². The fourth-order valence-corrected chi connectivity index (χ4v) is 0. The summed E-state index contributed by atoms with van der Waals surface area (Å²) in [5, 5.41) is 7.89. The number of rotatable bonds is 2. The molecular weight excluding hydrogens is 210 g/mol. The van der Waals surface area contributed by atoms with Crippen LogP contribution < -0.4 is 5.73 Å². The van der Waals surface area contributed by atoms with Crippen molar-refractivity contribution in [2.75, 3.05) is 0 Å². The Balaban J connectivity index is -0.000000162. The molecule has 0 aliphatic rings. The van der Waals surface area contributed by atoms with Crippen molar-refractivity contribution in [1.82, 2.24) is 0 Å². The van der Waals surface area contributed by atoms with Gasteiger partial charge in [-0.2, -0.15) is 0 Å². The number of hydrogen-bond donors (Lipinski definition) is 2. The first-order valence-electron chi connectivity index (χ1n) is 4.33. The van der Waals surface area contributed by atoms with E-state index in [-0.39, 0.29) is 11.4 Å². The summed E-state index contributed by atoms with van der Waals surface area (Å²) in [6.45, 7) is 12.5. The molecule has 0 aliphatic heterocycles. The maximum Gasteiger partial charge on any atom is 0.330 e. The molecule has 0 atom stereocenters. The number of nitrogens with two attached hydrogens (primary N) is 1. The third-order valence-corrected chi connectivity index (χ3v) is 0.786. The smallest absolute Gasteiger partial charge is 0.330 e. The van der Waals surface area contributed by atoms with Crippen molar-refractivity contribution in [3.05, 3.63) is 24.3 Å². The summed E-state index contributed by atoms with van der Waals surface area (Å²) in [7, 11) is 0. The van der Waals surface area contributed by atoms with Crippen LogP contribution in [-0.4, -0.2) is 22.8 Å². The molecule has 0 saturated carbocycles. The average molecular weight is 229 g/mol. The Hall–Kier alpha value is -1.91. The van der Waals surface area contributed by atoms with E-state index < -0.39 is 11.9 Å². The first-order chi connectivity index (χ1) is 7.02. The van der Waals surface area contributed by atoms with Crippen LogP contribution in [0.4, 0.5) is 0 Å². The lowest BCUT2D eigenvalue weighted by molar-refractivity contribution is -0.132. The third-order valence-electron chi connectivity index (χ3n) is 0.786. The summed E-state index contributed by atoms with van der Waals surface area (Å²) >= 11 is 0. The molecule has 0 fully saturated rings. The van der Waals surface area contributed by atoms with Gasteiger partial charge in [-0.25, -0.2) is 4.79 Å². The largest absolute Gasteiger partial charge is 0.478 e. The van der Waals surface area contributed by atoms with Gasteiger partial charge in [0.05, 0.1) is 0 Å². The van der Waals surface area contributed by atoms with Crippen molar-refractivity contribution in [3.8, 4) is 0 Å². The van der Waals surface area contributed by atoms with Gasteiger partial charge in [0.15, 0.2) is 0 Å². The van der Waals surface area contributed by atoms with E-state index in [0.717, 1.165) is 0 Å². The number of amides is 1. The lowest BCUT2D eigenvalue weighted by Gasteiger charge is -1.81. The van der Waals surface area contributed by atoms with Gasteiger partial charge in [-0.1, -0.05) is 13.2 Å². The van der Waals surface area contributed by atoms with Crippen LogP contribution in [0.1, 0.15) is 27.7 Å². The lowest BCUT2D eigenvalue weighted by Crippen LogP contribution is -2.10. The second-order valence-corrected chi connectivity index (χ2v) is 3.14. The van der Waals surface area contributed by atoms with Crippen LogP contribution in [0.3, 0.4) is 0 Å². The number of carbonyl (C=O) groups excluding carboxylic acids is 2. The van der Waals surface area contributed by atoms with E-state index in [0.29, 0.717) is 5.57 Å². The summed E-state index contributed by atoms with van der Waals surface area (Å²) in [6, 6.07) is 0. The number of ketones is 1. The fourth-order valence-electron chi connectivity index (χ4n) is 0. The molecule has 16 heavy (non-hydrogen) atoms. The zero-order valence-corrected chi connectivity index (χ0v) is 10.2. The first-order valence-corrected chi connectivity index (χ1v) is 4.33. The molecule has 0 rings (SSSR count). The number of primary amides is 1. The second kappa shape index (κ2) is 11.2. The molecule has 0 saturated heterocycles. The van der Waals surface area contributed by atoms with Crippen LogP contribution in [0.5, 0.6) is 0 Å². The van der Waals surface area contributed by atoms with E-state index in [4.69, 9.17) is 10.8 Å². The summed E-state index contributed by atoms with van der Waals surface area (Å²) in [4.78, 5) is 28.9. The Kier molecular flexibility index (Phi) is 13.7. The van der Waals surface area contributed by atoms with Gasteiger partial charge in [-0.3, -0.25) is 4.79 Å². The van der Waals surface area contributed by atoms with Crippen LogP contribution in [0.25, 0.3) is 0 Å². The summed E-state index contributed by atoms with van der Waals surface area (Å²) in [6.07, 6.45) is 0. The third kappa shape index (κ3) is 40.1. The zero-order valence-electron chi connectivity index (χ0n) is 10.2. The highest BCUT2D eigenvalue weighted by atomic mass is 16.4. The predicted molar refractivity (Wildman–Crippen MR) is 62.8 cm³/mol. The van der Waals surface area contributed by atoms with Crippen molar-refractivity contribution in [1.29, 1.82) is 0 Å². The van der Waals surface area contributed by atoms with E-state index in [1.54, 1.807) is 6.92 Å². The molecule has 3 N–H and O–H groups in total. The van der Waals surface area contributed by atoms with Gasteiger partial charge >= 0.3 is 5.97 Å². The van der Waals surface area contributed by atoms with Gasteiger partial charge in [-0.15, -0.1) is 0 Å². The van der Waals surface area contributed by atoms with E-state index in [1.807, 2.05) is 0 Å². The van der Waals surface area contributed by atoms with Gasteiger partial charge in [-0.05, 0) is 27.7 Å². The van der Waals surface area contributed by atoms with Crippen LogP contribution in [0.15, 0.2) is 24.3 Å². The minimum atomic E-state index is -0.935. The molecule has 0 unspecified atom stereocenters. The highest BCUT2D eigenvalue weighted by Crippen LogP contribution is 1.81. The van der Waals surface area contributed by atoms with E-state index in [9.17, 15) is 14.4 Å². The van der Waals surface area contributed by atoms with Crippen molar-refractivity contribution < 1.29 is 19.5 Å². The number of carboxylic acid groups (broad SMARTS) is 1. The number of carboxylic acids is 1. The summed E-state index contributed by atoms with van der Waals surface area (Å²) in [5.41, 5.74) is 5.27. The van der Waals surface area contributed by atoms with Crippen LogP contribution in [0.2, 0.25) is 0 Å². The second-order valence-electron chi connectivity index (χ2n) is 3.14. The zero-order chi connectivity index (χ0) is 13.9.